The van der Waals surface area contributed by atoms with E-state index in [0.29, 0.717) is 27.8 Å². The van der Waals surface area contributed by atoms with E-state index in [4.69, 9.17) is 14.2 Å². The maximum atomic E-state index is 13.2. The lowest BCUT2D eigenvalue weighted by Crippen LogP contribution is -2.33. The summed E-state index contributed by atoms with van der Waals surface area (Å²) in [5, 5.41) is 2.58. The highest BCUT2D eigenvalue weighted by molar-refractivity contribution is 5.79. The van der Waals surface area contributed by atoms with Gasteiger partial charge in [-0.05, 0) is 82.6 Å². The minimum Gasteiger partial charge on any atom is -0.492 e. The summed E-state index contributed by atoms with van der Waals surface area (Å²) in [5.74, 6) is -1.62. The molecule has 1 fully saturated rings. The van der Waals surface area contributed by atoms with Crippen molar-refractivity contribution in [2.24, 2.45) is 0 Å². The number of hydrogen-bond acceptors (Lipinski definition) is 5. The number of hydrogen-bond donors (Lipinski definition) is 0. The van der Waals surface area contributed by atoms with Crippen molar-refractivity contribution in [3.8, 4) is 11.5 Å². The predicted octanol–water partition coefficient (Wildman–Crippen LogP) is 5.17. The van der Waals surface area contributed by atoms with Gasteiger partial charge in [0.15, 0.2) is 0 Å². The first-order valence-electron chi connectivity index (χ1n) is 13.9. The first kappa shape index (κ1) is 27.3. The van der Waals surface area contributed by atoms with Crippen LogP contribution >= 0.6 is 0 Å². The Balaban J connectivity index is 1.33. The number of ether oxygens (including phenoxy) is 3. The van der Waals surface area contributed by atoms with Gasteiger partial charge in [-0.2, -0.15) is 13.2 Å². The second kappa shape index (κ2) is 11.5. The lowest BCUT2D eigenvalue weighted by atomic mass is 9.96. The van der Waals surface area contributed by atoms with E-state index in [1.807, 2.05) is 60.7 Å². The molecule has 1 aliphatic carbocycles. The Morgan fingerprint density at radius 3 is 2.56 bits per heavy atom. The normalized spacial score (nSPS) is 18.2. The topological polar surface area (TPSA) is 48.0 Å². The van der Waals surface area contributed by atoms with E-state index in [1.165, 1.54) is 25.3 Å². The van der Waals surface area contributed by atoms with Crippen LogP contribution in [0.4, 0.5) is 13.2 Å². The van der Waals surface area contributed by atoms with Gasteiger partial charge in [0.1, 0.15) is 24.2 Å². The Kier molecular flexibility index (Phi) is 7.69. The maximum Gasteiger partial charge on any atom is 0.491 e. The van der Waals surface area contributed by atoms with Gasteiger partial charge in [-0.3, -0.25) is 4.90 Å². The van der Waals surface area contributed by atoms with Crippen LogP contribution in [0.5, 0.6) is 11.5 Å². The number of esters is 1. The van der Waals surface area contributed by atoms with Gasteiger partial charge >= 0.3 is 12.1 Å². The molecule has 41 heavy (non-hydrogen) atoms. The Morgan fingerprint density at radius 2 is 1.78 bits per heavy atom. The Morgan fingerprint density at radius 1 is 1.00 bits per heavy atom. The van der Waals surface area contributed by atoms with E-state index in [2.05, 4.69) is 4.90 Å². The Hall–Kier alpha value is -3.88. The summed E-state index contributed by atoms with van der Waals surface area (Å²) in [4.78, 5) is 14.4. The van der Waals surface area contributed by atoms with Crippen LogP contribution in [0.15, 0.2) is 60.7 Å². The van der Waals surface area contributed by atoms with Crippen LogP contribution in [0.3, 0.4) is 0 Å². The second-order valence-electron chi connectivity index (χ2n) is 10.4. The summed E-state index contributed by atoms with van der Waals surface area (Å²) in [6, 6.07) is 16.5. The molecule has 3 aliphatic rings. The third-order valence-corrected chi connectivity index (χ3v) is 7.75. The van der Waals surface area contributed by atoms with Crippen molar-refractivity contribution in [3.05, 3.63) is 98.2 Å². The molecule has 2 aliphatic heterocycles. The zero-order valence-corrected chi connectivity index (χ0v) is 22.5. The first-order chi connectivity index (χ1) is 19.9. The number of nitrogens with zero attached hydrogens (tertiary/aromatic N) is 1. The molecule has 5 nitrogen and oxygen atoms in total. The average molecular weight is 562 g/mol. The van der Waals surface area contributed by atoms with Crippen LogP contribution in [0.25, 0.3) is 18.2 Å². The lowest BCUT2D eigenvalue weighted by Gasteiger charge is -2.26. The van der Waals surface area contributed by atoms with Crippen LogP contribution in [-0.4, -0.2) is 43.3 Å². The highest BCUT2D eigenvalue weighted by atomic mass is 19.4. The maximum absolute atomic E-state index is 13.2. The third-order valence-electron chi connectivity index (χ3n) is 7.75. The number of carbonyl (C=O) groups is 1. The standard InChI is InChI=1S/C33H30F3NO4/c34-33(35,36)32(38)41-30-20-24-19-29(23-11-13-25(14-12-23)39-18-17-37-15-4-1-5-16-37)40-21-28(24)27-10-6-8-22-7-2-3-9-26(22)31(27)30/h2-3,6-14,19-20,29H,1,4-5,15-18,21H2. The molecule has 3 aromatic rings. The van der Waals surface area contributed by atoms with Gasteiger partial charge in [-0.15, -0.1) is 0 Å². The van der Waals surface area contributed by atoms with Gasteiger partial charge in [0.25, 0.3) is 0 Å². The van der Waals surface area contributed by atoms with Crippen LogP contribution in [0.1, 0.15) is 42.1 Å². The van der Waals surface area contributed by atoms with Crippen molar-refractivity contribution < 1.29 is 32.2 Å². The quantitative estimate of drug-likeness (QED) is 0.307. The zero-order chi connectivity index (χ0) is 28.4. The Labute approximate surface area is 235 Å². The van der Waals surface area contributed by atoms with Crippen LogP contribution in [0, 0.1) is 10.4 Å². The van der Waals surface area contributed by atoms with Crippen molar-refractivity contribution in [3.63, 3.8) is 0 Å². The van der Waals surface area contributed by atoms with E-state index in [1.54, 1.807) is 12.1 Å². The number of piperidine rings is 1. The molecular weight excluding hydrogens is 531 g/mol. The van der Waals surface area contributed by atoms with Gasteiger partial charge in [-0.25, -0.2) is 4.79 Å². The molecule has 1 saturated heterocycles. The van der Waals surface area contributed by atoms with Gasteiger partial charge in [0, 0.05) is 11.8 Å². The summed E-state index contributed by atoms with van der Waals surface area (Å²) in [6.45, 7) is 4.02. The smallest absolute Gasteiger partial charge is 0.491 e. The fraction of sp³-hybridized carbons (Fsp3) is 0.303. The average Bonchev–Trinajstić information content (AvgIpc) is 3.18. The van der Waals surface area contributed by atoms with E-state index < -0.39 is 18.2 Å². The summed E-state index contributed by atoms with van der Waals surface area (Å²) >= 11 is 0. The van der Waals surface area contributed by atoms with Crippen LogP contribution in [-0.2, 0) is 16.1 Å². The zero-order valence-electron chi connectivity index (χ0n) is 22.5. The minimum absolute atomic E-state index is 0.136. The monoisotopic (exact) mass is 561 g/mol. The Bertz CT molecular complexity index is 1690. The number of halogens is 3. The van der Waals surface area contributed by atoms with Crippen molar-refractivity contribution in [1.29, 1.82) is 0 Å². The summed E-state index contributed by atoms with van der Waals surface area (Å²) in [5.41, 5.74) is 2.37. The molecule has 0 saturated carbocycles. The summed E-state index contributed by atoms with van der Waals surface area (Å²) < 4.78 is 56.9. The first-order valence-corrected chi connectivity index (χ1v) is 13.9. The molecular formula is C33H30F3NO4. The van der Waals surface area contributed by atoms with Gasteiger partial charge in [0.2, 0.25) is 0 Å². The number of carbonyl (C=O) groups excluding carboxylic acids is 1. The van der Waals surface area contributed by atoms with Gasteiger partial charge in [0.05, 0.1) is 6.61 Å². The molecule has 0 N–H and O–H groups in total. The number of allylic oxidation sites excluding steroid dienone is 1. The number of likely N-dealkylation sites (tertiary alicyclic amines) is 1. The molecule has 0 bridgehead atoms. The third kappa shape index (κ3) is 5.94. The van der Waals surface area contributed by atoms with Crippen molar-refractivity contribution in [1.82, 2.24) is 4.90 Å². The molecule has 212 valence electrons. The van der Waals surface area contributed by atoms with Crippen LogP contribution in [0.2, 0.25) is 0 Å². The summed E-state index contributed by atoms with van der Waals surface area (Å²) in [7, 11) is 0. The van der Waals surface area contributed by atoms with Crippen molar-refractivity contribution >= 4 is 24.2 Å². The van der Waals surface area contributed by atoms with Crippen molar-refractivity contribution in [2.75, 3.05) is 26.2 Å². The molecule has 3 aromatic carbocycles. The number of alkyl halides is 3. The molecule has 0 radical (unpaired) electrons. The van der Waals surface area contributed by atoms with Crippen LogP contribution < -0.4 is 19.9 Å². The molecule has 0 aromatic heterocycles. The van der Waals surface area contributed by atoms with Gasteiger partial charge in [-0.1, -0.05) is 61.0 Å². The second-order valence-corrected chi connectivity index (χ2v) is 10.4. The van der Waals surface area contributed by atoms with E-state index >= 15 is 0 Å². The lowest BCUT2D eigenvalue weighted by molar-refractivity contribution is -0.189. The predicted molar refractivity (Wildman–Crippen MR) is 149 cm³/mol. The number of rotatable bonds is 6. The molecule has 8 heteroatoms. The molecule has 2 heterocycles. The SMILES string of the molecule is O=C(Oc1cc2c(c3c1=c1ccccc1=CC=C3)COC(c1ccc(OCCN3CCCCC3)cc1)C=2)C(F)(F)F. The molecule has 0 amide bonds. The van der Waals surface area contributed by atoms with E-state index in [0.717, 1.165) is 41.7 Å². The molecule has 1 atom stereocenters. The molecule has 0 spiro atoms. The van der Waals surface area contributed by atoms with Gasteiger partial charge < -0.3 is 14.2 Å². The summed E-state index contributed by atoms with van der Waals surface area (Å²) in [6.07, 6.45) is 5.64. The van der Waals surface area contributed by atoms with Crippen molar-refractivity contribution in [2.45, 2.75) is 38.1 Å². The highest BCUT2D eigenvalue weighted by Crippen LogP contribution is 2.30. The highest BCUT2D eigenvalue weighted by Gasteiger charge is 2.41. The fourth-order valence-electron chi connectivity index (χ4n) is 5.67. The number of fused-ring (bicyclic) bond motifs is 4. The minimum atomic E-state index is -5.12. The van der Waals surface area contributed by atoms with E-state index in [9.17, 15) is 18.0 Å². The largest absolute Gasteiger partial charge is 0.492 e. The fourth-order valence-corrected chi connectivity index (χ4v) is 5.67. The molecule has 6 rings (SSSR count). The number of benzene rings is 3. The van der Waals surface area contributed by atoms with E-state index in [-0.39, 0.29) is 12.4 Å². The molecule has 1 unspecified atom stereocenters.